The van der Waals surface area contributed by atoms with Crippen LogP contribution in [0.5, 0.6) is 0 Å². The predicted molar refractivity (Wildman–Crippen MR) is 77.7 cm³/mol. The van der Waals surface area contributed by atoms with Gasteiger partial charge in [0.25, 0.3) is 11.8 Å². The highest BCUT2D eigenvalue weighted by molar-refractivity contribution is 9.10. The fourth-order valence-electron chi connectivity index (χ4n) is 2.94. The number of aryl methyl sites for hydroxylation is 1. The van der Waals surface area contributed by atoms with E-state index in [2.05, 4.69) is 26.6 Å². The van der Waals surface area contributed by atoms with Crippen LogP contribution in [0.1, 0.15) is 23.3 Å². The van der Waals surface area contributed by atoms with Crippen LogP contribution >= 0.6 is 15.9 Å². The molecule has 1 spiro atoms. The van der Waals surface area contributed by atoms with Gasteiger partial charge in [-0.15, -0.1) is 0 Å². The van der Waals surface area contributed by atoms with Crippen LogP contribution in [0.4, 0.5) is 4.79 Å². The summed E-state index contributed by atoms with van der Waals surface area (Å²) in [6.45, 7) is 0.777. The maximum Gasteiger partial charge on any atom is 0.322 e. The van der Waals surface area contributed by atoms with Crippen LogP contribution in [-0.2, 0) is 11.8 Å². The molecule has 2 N–H and O–H groups in total. The summed E-state index contributed by atoms with van der Waals surface area (Å²) in [7, 11) is 1.79. The van der Waals surface area contributed by atoms with Gasteiger partial charge in [-0.2, -0.15) is 0 Å². The summed E-state index contributed by atoms with van der Waals surface area (Å²) in [6.07, 6.45) is 3.02. The maximum atomic E-state index is 12.6. The van der Waals surface area contributed by atoms with Crippen molar-refractivity contribution in [3.63, 3.8) is 0 Å². The first-order valence-corrected chi connectivity index (χ1v) is 7.45. The molecule has 1 atom stereocenters. The van der Waals surface area contributed by atoms with E-state index in [-0.39, 0.29) is 18.4 Å². The predicted octanol–water partition coefficient (Wildman–Crippen LogP) is 0.602. The number of likely N-dealkylation sites (tertiary alicyclic amines) is 1. The molecule has 2 fully saturated rings. The van der Waals surface area contributed by atoms with Crippen molar-refractivity contribution in [2.24, 2.45) is 7.05 Å². The van der Waals surface area contributed by atoms with Crippen LogP contribution in [0.2, 0.25) is 0 Å². The second kappa shape index (κ2) is 4.87. The van der Waals surface area contributed by atoms with Gasteiger partial charge in [0.15, 0.2) is 0 Å². The molecule has 3 rings (SSSR count). The molecule has 1 aromatic rings. The minimum absolute atomic E-state index is 0.142. The molecule has 0 bridgehead atoms. The number of hydrogen-bond acceptors (Lipinski definition) is 3. The first kappa shape index (κ1) is 14.1. The Morgan fingerprint density at radius 3 is 2.76 bits per heavy atom. The molecule has 2 saturated heterocycles. The number of aromatic nitrogens is 1. The van der Waals surface area contributed by atoms with Crippen molar-refractivity contribution in [2.75, 3.05) is 13.1 Å². The number of carbonyl (C=O) groups is 3. The fraction of sp³-hybridized carbons (Fsp3) is 0.462. The number of halogens is 1. The van der Waals surface area contributed by atoms with Crippen LogP contribution in [0.3, 0.4) is 0 Å². The number of amides is 4. The molecule has 3 heterocycles. The van der Waals surface area contributed by atoms with Crippen molar-refractivity contribution >= 4 is 33.8 Å². The summed E-state index contributed by atoms with van der Waals surface area (Å²) in [6, 6.07) is 1.26. The second-order valence-corrected chi connectivity index (χ2v) is 6.39. The average molecular weight is 355 g/mol. The molecular formula is C13H15BrN4O3. The number of nitrogens with zero attached hydrogens (tertiary/aromatic N) is 2. The second-order valence-electron chi connectivity index (χ2n) is 5.48. The minimum atomic E-state index is -0.979. The van der Waals surface area contributed by atoms with Crippen molar-refractivity contribution in [3.05, 3.63) is 22.4 Å². The highest BCUT2D eigenvalue weighted by atomic mass is 79.9. The van der Waals surface area contributed by atoms with Gasteiger partial charge in [-0.05, 0) is 34.8 Å². The summed E-state index contributed by atoms with van der Waals surface area (Å²) in [5, 5.41) is 4.92. The summed E-state index contributed by atoms with van der Waals surface area (Å²) in [5.41, 5.74) is -0.434. The van der Waals surface area contributed by atoms with E-state index in [1.54, 1.807) is 28.8 Å². The molecule has 112 valence electrons. The zero-order valence-electron chi connectivity index (χ0n) is 11.5. The number of rotatable bonds is 1. The molecule has 0 aliphatic carbocycles. The number of urea groups is 1. The highest BCUT2D eigenvalue weighted by Crippen LogP contribution is 2.26. The quantitative estimate of drug-likeness (QED) is 0.724. The van der Waals surface area contributed by atoms with Crippen LogP contribution in [0.15, 0.2) is 16.7 Å². The Morgan fingerprint density at radius 2 is 2.19 bits per heavy atom. The first-order valence-electron chi connectivity index (χ1n) is 6.66. The summed E-state index contributed by atoms with van der Waals surface area (Å²) in [5.74, 6) is -0.491. The smallest absolute Gasteiger partial charge is 0.322 e. The highest BCUT2D eigenvalue weighted by Gasteiger charge is 2.49. The number of piperidine rings is 1. The zero-order valence-corrected chi connectivity index (χ0v) is 13.1. The number of imide groups is 1. The molecule has 2 aliphatic heterocycles. The van der Waals surface area contributed by atoms with Crippen molar-refractivity contribution in [3.8, 4) is 0 Å². The monoisotopic (exact) mass is 354 g/mol. The van der Waals surface area contributed by atoms with E-state index < -0.39 is 11.6 Å². The lowest BCUT2D eigenvalue weighted by Crippen LogP contribution is -2.59. The Morgan fingerprint density at radius 1 is 1.43 bits per heavy atom. The maximum absolute atomic E-state index is 12.6. The van der Waals surface area contributed by atoms with Gasteiger partial charge in [0.2, 0.25) is 0 Å². The van der Waals surface area contributed by atoms with E-state index in [0.29, 0.717) is 25.1 Å². The van der Waals surface area contributed by atoms with Crippen molar-refractivity contribution < 1.29 is 14.4 Å². The van der Waals surface area contributed by atoms with Crippen molar-refractivity contribution in [1.82, 2.24) is 20.1 Å². The Kier molecular flexibility index (Phi) is 3.27. The normalized spacial score (nSPS) is 25.1. The number of hydrogen-bond donors (Lipinski definition) is 2. The molecule has 8 heteroatoms. The summed E-state index contributed by atoms with van der Waals surface area (Å²) in [4.78, 5) is 37.6. The van der Waals surface area contributed by atoms with Gasteiger partial charge in [0.05, 0.1) is 6.54 Å². The molecule has 0 saturated carbocycles. The van der Waals surface area contributed by atoms with E-state index >= 15 is 0 Å². The third-order valence-corrected chi connectivity index (χ3v) is 4.42. The van der Waals surface area contributed by atoms with E-state index in [9.17, 15) is 14.4 Å². The van der Waals surface area contributed by atoms with E-state index in [4.69, 9.17) is 0 Å². The molecule has 21 heavy (non-hydrogen) atoms. The van der Waals surface area contributed by atoms with Crippen LogP contribution in [0.25, 0.3) is 0 Å². The zero-order chi connectivity index (χ0) is 15.2. The van der Waals surface area contributed by atoms with Crippen LogP contribution in [0, 0.1) is 0 Å². The van der Waals surface area contributed by atoms with E-state index in [1.165, 1.54) is 0 Å². The lowest BCUT2D eigenvalue weighted by atomic mass is 9.89. The lowest BCUT2D eigenvalue weighted by Gasteiger charge is -2.38. The SMILES string of the molecule is Cn1cc(Br)cc1C(=O)N1CCCC2(C1)NC(=O)NC2=O. The molecule has 0 aromatic carbocycles. The molecule has 2 aliphatic rings. The fourth-order valence-corrected chi connectivity index (χ4v) is 3.47. The molecule has 7 nitrogen and oxygen atoms in total. The molecule has 1 aromatic heterocycles. The van der Waals surface area contributed by atoms with Crippen molar-refractivity contribution in [1.29, 1.82) is 0 Å². The Bertz CT molecular complexity index is 641. The van der Waals surface area contributed by atoms with Gasteiger partial charge in [-0.25, -0.2) is 4.79 Å². The van der Waals surface area contributed by atoms with Gasteiger partial charge >= 0.3 is 6.03 Å². The molecule has 1 unspecified atom stereocenters. The third kappa shape index (κ3) is 2.33. The third-order valence-electron chi connectivity index (χ3n) is 3.98. The topological polar surface area (TPSA) is 83.4 Å². The van der Waals surface area contributed by atoms with E-state index in [1.807, 2.05) is 0 Å². The Hall–Kier alpha value is -1.83. The molecular weight excluding hydrogens is 340 g/mol. The van der Waals surface area contributed by atoms with Gasteiger partial charge in [-0.3, -0.25) is 14.9 Å². The Balaban J connectivity index is 1.83. The Labute approximate surface area is 129 Å². The van der Waals surface area contributed by atoms with Crippen LogP contribution in [-0.4, -0.2) is 45.9 Å². The number of nitrogens with one attached hydrogen (secondary N) is 2. The van der Waals surface area contributed by atoms with Gasteiger partial charge in [0.1, 0.15) is 11.2 Å². The standard InChI is InChI=1S/C13H15BrN4O3/c1-17-6-8(14)5-9(17)10(19)18-4-2-3-13(7-18)11(20)15-12(21)16-13/h5-6H,2-4,7H2,1H3,(H2,15,16,20,21). The van der Waals surface area contributed by atoms with Crippen molar-refractivity contribution in [2.45, 2.75) is 18.4 Å². The number of carbonyl (C=O) groups excluding carboxylic acids is 3. The largest absolute Gasteiger partial charge is 0.345 e. The summed E-state index contributed by atoms with van der Waals surface area (Å²) >= 11 is 3.34. The molecule has 0 radical (unpaired) electrons. The van der Waals surface area contributed by atoms with E-state index in [0.717, 1.165) is 4.47 Å². The lowest BCUT2D eigenvalue weighted by molar-refractivity contribution is -0.125. The van der Waals surface area contributed by atoms with Gasteiger partial charge < -0.3 is 14.8 Å². The van der Waals surface area contributed by atoms with Crippen LogP contribution < -0.4 is 10.6 Å². The van der Waals surface area contributed by atoms with Gasteiger partial charge in [-0.1, -0.05) is 0 Å². The summed E-state index contributed by atoms with van der Waals surface area (Å²) < 4.78 is 2.56. The first-order chi connectivity index (χ1) is 9.91. The molecule has 4 amide bonds. The average Bonchev–Trinajstić information content (AvgIpc) is 2.89. The van der Waals surface area contributed by atoms with Gasteiger partial charge in [0, 0.05) is 24.3 Å². The minimum Gasteiger partial charge on any atom is -0.345 e.